The number of carbonyl (C=O) groups excluding carboxylic acids is 1. The number of ether oxygens (including phenoxy) is 1. The van der Waals surface area contributed by atoms with Gasteiger partial charge >= 0.3 is 0 Å². The van der Waals surface area contributed by atoms with Crippen LogP contribution in [0.5, 0.6) is 0 Å². The molecular formula is C13H22N2O2. The molecule has 96 valence electrons. The molecule has 1 aliphatic carbocycles. The second kappa shape index (κ2) is 4.58. The fourth-order valence-electron chi connectivity index (χ4n) is 3.28. The van der Waals surface area contributed by atoms with Gasteiger partial charge in [-0.1, -0.05) is 6.92 Å². The summed E-state index contributed by atoms with van der Waals surface area (Å²) < 4.78 is 5.83. The molecule has 1 saturated carbocycles. The highest BCUT2D eigenvalue weighted by Crippen LogP contribution is 2.41. The van der Waals surface area contributed by atoms with Gasteiger partial charge in [0.15, 0.2) is 0 Å². The number of carbonyl (C=O) groups is 1. The van der Waals surface area contributed by atoms with Gasteiger partial charge in [0.1, 0.15) is 0 Å². The molecule has 3 unspecified atom stereocenters. The van der Waals surface area contributed by atoms with Crippen LogP contribution in [-0.2, 0) is 9.53 Å². The van der Waals surface area contributed by atoms with Crippen LogP contribution < -0.4 is 5.32 Å². The van der Waals surface area contributed by atoms with Crippen LogP contribution in [0, 0.1) is 5.92 Å². The third-order valence-corrected chi connectivity index (χ3v) is 4.28. The third-order valence-electron chi connectivity index (χ3n) is 4.28. The van der Waals surface area contributed by atoms with Crippen LogP contribution in [0.25, 0.3) is 0 Å². The minimum atomic E-state index is 0.0560. The second-order valence-electron chi connectivity index (χ2n) is 5.46. The van der Waals surface area contributed by atoms with E-state index < -0.39 is 0 Å². The quantitative estimate of drug-likeness (QED) is 0.786. The molecule has 17 heavy (non-hydrogen) atoms. The van der Waals surface area contributed by atoms with Crippen molar-refractivity contribution < 1.29 is 9.53 Å². The summed E-state index contributed by atoms with van der Waals surface area (Å²) in [6.07, 6.45) is 4.91. The smallest absolute Gasteiger partial charge is 0.240 e. The van der Waals surface area contributed by atoms with Gasteiger partial charge in [-0.25, -0.2) is 0 Å². The zero-order valence-electron chi connectivity index (χ0n) is 10.5. The molecule has 0 aromatic rings. The summed E-state index contributed by atoms with van der Waals surface area (Å²) in [7, 11) is 0. The Kier molecular flexibility index (Phi) is 3.09. The molecule has 4 heteroatoms. The van der Waals surface area contributed by atoms with E-state index in [2.05, 4.69) is 17.1 Å². The van der Waals surface area contributed by atoms with Crippen LogP contribution in [-0.4, -0.2) is 48.7 Å². The van der Waals surface area contributed by atoms with Crippen molar-refractivity contribution in [3.63, 3.8) is 0 Å². The Labute approximate surface area is 103 Å². The van der Waals surface area contributed by atoms with Crippen molar-refractivity contribution in [1.29, 1.82) is 0 Å². The molecule has 2 aliphatic heterocycles. The van der Waals surface area contributed by atoms with E-state index in [4.69, 9.17) is 4.74 Å². The average Bonchev–Trinajstić information content (AvgIpc) is 2.96. The van der Waals surface area contributed by atoms with Gasteiger partial charge in [0, 0.05) is 13.2 Å². The Bertz CT molecular complexity index is 304. The molecule has 0 spiro atoms. The van der Waals surface area contributed by atoms with E-state index in [0.29, 0.717) is 18.1 Å². The lowest BCUT2D eigenvalue weighted by atomic mass is 10.0. The summed E-state index contributed by atoms with van der Waals surface area (Å²) >= 11 is 0. The van der Waals surface area contributed by atoms with Gasteiger partial charge in [0.05, 0.1) is 18.2 Å². The molecule has 0 aromatic heterocycles. The van der Waals surface area contributed by atoms with Crippen molar-refractivity contribution in [2.24, 2.45) is 5.92 Å². The van der Waals surface area contributed by atoms with Crippen molar-refractivity contribution >= 4 is 5.91 Å². The molecule has 3 rings (SSSR count). The molecule has 2 heterocycles. The molecule has 4 nitrogen and oxygen atoms in total. The summed E-state index contributed by atoms with van der Waals surface area (Å²) in [5.74, 6) is 1.03. The van der Waals surface area contributed by atoms with E-state index in [1.807, 2.05) is 0 Å². The Morgan fingerprint density at radius 3 is 2.88 bits per heavy atom. The number of amides is 1. The number of hydrogen-bond donors (Lipinski definition) is 1. The lowest BCUT2D eigenvalue weighted by molar-refractivity contribution is -0.132. The number of nitrogens with one attached hydrogen (secondary N) is 1. The number of rotatable bonds is 4. The Morgan fingerprint density at radius 1 is 1.35 bits per heavy atom. The molecule has 0 radical (unpaired) electrons. The fourth-order valence-corrected chi connectivity index (χ4v) is 3.28. The zero-order valence-corrected chi connectivity index (χ0v) is 10.5. The number of likely N-dealkylation sites (N-methyl/N-ethyl adjacent to an activating group) is 1. The predicted octanol–water partition coefficient (Wildman–Crippen LogP) is 0.764. The van der Waals surface area contributed by atoms with Crippen LogP contribution in [0.2, 0.25) is 0 Å². The van der Waals surface area contributed by atoms with Crippen LogP contribution in [0.4, 0.5) is 0 Å². The molecule has 3 atom stereocenters. The standard InChI is InChI=1S/C13H22N2O2/c1-2-14-10-5-7-15(13(10)16)11-6-8-17-12(11)9-3-4-9/h9-12,14H,2-8H2,1H3. The molecule has 1 N–H and O–H groups in total. The summed E-state index contributed by atoms with van der Waals surface area (Å²) in [5, 5.41) is 3.28. The maximum atomic E-state index is 12.3. The van der Waals surface area contributed by atoms with E-state index in [9.17, 15) is 4.79 Å². The van der Waals surface area contributed by atoms with E-state index >= 15 is 0 Å². The Morgan fingerprint density at radius 2 is 2.18 bits per heavy atom. The Hall–Kier alpha value is -0.610. The van der Waals surface area contributed by atoms with Gasteiger partial charge in [0.2, 0.25) is 5.91 Å². The first-order chi connectivity index (χ1) is 8.31. The molecule has 0 bridgehead atoms. The van der Waals surface area contributed by atoms with E-state index in [0.717, 1.165) is 38.5 Å². The number of nitrogens with zero attached hydrogens (tertiary/aromatic N) is 1. The van der Waals surface area contributed by atoms with Crippen molar-refractivity contribution in [3.8, 4) is 0 Å². The van der Waals surface area contributed by atoms with Crippen molar-refractivity contribution in [2.45, 2.75) is 50.8 Å². The van der Waals surface area contributed by atoms with Gasteiger partial charge < -0.3 is 15.0 Å². The highest BCUT2D eigenvalue weighted by Gasteiger charge is 2.46. The van der Waals surface area contributed by atoms with Gasteiger partial charge in [0.25, 0.3) is 0 Å². The summed E-state index contributed by atoms with van der Waals surface area (Å²) in [4.78, 5) is 14.4. The lowest BCUT2D eigenvalue weighted by Gasteiger charge is -2.28. The minimum absolute atomic E-state index is 0.0560. The highest BCUT2D eigenvalue weighted by molar-refractivity contribution is 5.84. The first kappa shape index (κ1) is 11.5. The van der Waals surface area contributed by atoms with Gasteiger partial charge in [-0.15, -0.1) is 0 Å². The van der Waals surface area contributed by atoms with Gasteiger partial charge in [-0.2, -0.15) is 0 Å². The fraction of sp³-hybridized carbons (Fsp3) is 0.923. The van der Waals surface area contributed by atoms with Crippen LogP contribution in [0.3, 0.4) is 0 Å². The van der Waals surface area contributed by atoms with Crippen molar-refractivity contribution in [2.75, 3.05) is 19.7 Å². The topological polar surface area (TPSA) is 41.6 Å². The van der Waals surface area contributed by atoms with Crippen molar-refractivity contribution in [3.05, 3.63) is 0 Å². The van der Waals surface area contributed by atoms with E-state index in [-0.39, 0.29) is 6.04 Å². The highest BCUT2D eigenvalue weighted by atomic mass is 16.5. The van der Waals surface area contributed by atoms with Crippen LogP contribution in [0.1, 0.15) is 32.6 Å². The lowest BCUT2D eigenvalue weighted by Crippen LogP contribution is -2.46. The first-order valence-corrected chi connectivity index (χ1v) is 6.96. The monoisotopic (exact) mass is 238 g/mol. The largest absolute Gasteiger partial charge is 0.376 e. The van der Waals surface area contributed by atoms with E-state index in [1.54, 1.807) is 0 Å². The summed E-state index contributed by atoms with van der Waals surface area (Å²) in [6.45, 7) is 4.67. The summed E-state index contributed by atoms with van der Waals surface area (Å²) in [5.41, 5.74) is 0. The third kappa shape index (κ3) is 2.08. The molecule has 1 amide bonds. The maximum absolute atomic E-state index is 12.3. The van der Waals surface area contributed by atoms with Crippen LogP contribution in [0.15, 0.2) is 0 Å². The molecule has 0 aromatic carbocycles. The normalized spacial score (nSPS) is 38.1. The number of hydrogen-bond acceptors (Lipinski definition) is 3. The maximum Gasteiger partial charge on any atom is 0.240 e. The SMILES string of the molecule is CCNC1CCN(C2CCOC2C2CC2)C1=O. The minimum Gasteiger partial charge on any atom is -0.376 e. The van der Waals surface area contributed by atoms with Crippen LogP contribution >= 0.6 is 0 Å². The summed E-state index contributed by atoms with van der Waals surface area (Å²) in [6, 6.07) is 0.416. The molecule has 3 fully saturated rings. The van der Waals surface area contributed by atoms with Gasteiger partial charge in [-0.05, 0) is 38.1 Å². The van der Waals surface area contributed by atoms with Gasteiger partial charge in [-0.3, -0.25) is 4.79 Å². The number of likely N-dealkylation sites (tertiary alicyclic amines) is 1. The Balaban J connectivity index is 1.66. The van der Waals surface area contributed by atoms with E-state index in [1.165, 1.54) is 12.8 Å². The second-order valence-corrected chi connectivity index (χ2v) is 5.46. The predicted molar refractivity (Wildman–Crippen MR) is 64.7 cm³/mol. The molecule has 3 aliphatic rings. The molecular weight excluding hydrogens is 216 g/mol. The zero-order chi connectivity index (χ0) is 11.8. The first-order valence-electron chi connectivity index (χ1n) is 6.96. The molecule has 2 saturated heterocycles. The average molecular weight is 238 g/mol. The van der Waals surface area contributed by atoms with Crippen molar-refractivity contribution in [1.82, 2.24) is 10.2 Å².